The van der Waals surface area contributed by atoms with Crippen molar-refractivity contribution < 1.29 is 33.3 Å². The lowest BCUT2D eigenvalue weighted by Gasteiger charge is -2.26. The maximum atomic E-state index is 13.4. The van der Waals surface area contributed by atoms with Gasteiger partial charge in [0.1, 0.15) is 17.3 Å². The van der Waals surface area contributed by atoms with Crippen LogP contribution in [0.1, 0.15) is 22.7 Å². The standard InChI is InChI=1S/C28H25BrFNO6/c1-35-21-10-7-18(14-20(21)29)26(32)24-25(17-6-11-22(36-2)23(15-17)37-3)31(28(34)27(24)33)13-12-16-4-8-19(30)9-5-16/h4-11,14-15,25,32H,12-13H2,1-3H3/b26-24-. The molecular formula is C28H25BrFNO6. The fourth-order valence-corrected chi connectivity index (χ4v) is 4.89. The molecule has 0 radical (unpaired) electrons. The number of aliphatic hydroxyl groups excluding tert-OH is 1. The van der Waals surface area contributed by atoms with E-state index >= 15 is 0 Å². The van der Waals surface area contributed by atoms with Gasteiger partial charge in [-0.25, -0.2) is 4.39 Å². The number of methoxy groups -OCH3 is 3. The number of likely N-dealkylation sites (tertiary alicyclic amines) is 1. The number of halogens is 2. The average molecular weight is 570 g/mol. The van der Waals surface area contributed by atoms with Gasteiger partial charge < -0.3 is 24.2 Å². The van der Waals surface area contributed by atoms with E-state index in [0.717, 1.165) is 5.56 Å². The molecule has 1 saturated heterocycles. The number of ether oxygens (including phenoxy) is 3. The van der Waals surface area contributed by atoms with Gasteiger partial charge in [-0.2, -0.15) is 0 Å². The minimum Gasteiger partial charge on any atom is -0.507 e. The molecule has 37 heavy (non-hydrogen) atoms. The van der Waals surface area contributed by atoms with E-state index in [1.54, 1.807) is 48.5 Å². The van der Waals surface area contributed by atoms with Gasteiger partial charge in [0.2, 0.25) is 0 Å². The first-order valence-electron chi connectivity index (χ1n) is 11.4. The SMILES string of the molecule is COc1ccc(/C(O)=C2/C(=O)C(=O)N(CCc3ccc(F)cc3)C2c2ccc(OC)c(OC)c2)cc1Br. The highest BCUT2D eigenvalue weighted by atomic mass is 79.9. The number of hydrogen-bond acceptors (Lipinski definition) is 6. The summed E-state index contributed by atoms with van der Waals surface area (Å²) in [6.45, 7) is 0.165. The Hall–Kier alpha value is -3.85. The van der Waals surface area contributed by atoms with Crippen molar-refractivity contribution in [2.75, 3.05) is 27.9 Å². The minimum atomic E-state index is -0.888. The van der Waals surface area contributed by atoms with E-state index in [2.05, 4.69) is 15.9 Å². The van der Waals surface area contributed by atoms with Crippen molar-refractivity contribution in [2.24, 2.45) is 0 Å². The number of nitrogens with zero attached hydrogens (tertiary/aromatic N) is 1. The van der Waals surface area contributed by atoms with E-state index in [4.69, 9.17) is 14.2 Å². The molecule has 9 heteroatoms. The summed E-state index contributed by atoms with van der Waals surface area (Å²) in [6, 6.07) is 15.0. The van der Waals surface area contributed by atoms with E-state index in [1.807, 2.05) is 0 Å². The van der Waals surface area contributed by atoms with Gasteiger partial charge in [-0.3, -0.25) is 9.59 Å². The maximum Gasteiger partial charge on any atom is 0.295 e. The average Bonchev–Trinajstić information content (AvgIpc) is 3.16. The highest BCUT2D eigenvalue weighted by Crippen LogP contribution is 2.42. The van der Waals surface area contributed by atoms with Crippen molar-refractivity contribution in [3.63, 3.8) is 0 Å². The molecule has 1 aliphatic rings. The lowest BCUT2D eigenvalue weighted by molar-refractivity contribution is -0.139. The number of rotatable bonds is 8. The van der Waals surface area contributed by atoms with Gasteiger partial charge in [-0.05, 0) is 75.9 Å². The van der Waals surface area contributed by atoms with Crippen LogP contribution in [0.15, 0.2) is 70.7 Å². The minimum absolute atomic E-state index is 0.0478. The number of Topliss-reactive ketones (excluding diaryl/α,β-unsaturated/α-hetero) is 1. The predicted molar refractivity (Wildman–Crippen MR) is 139 cm³/mol. The summed E-state index contributed by atoms with van der Waals surface area (Å²) in [4.78, 5) is 28.0. The van der Waals surface area contributed by atoms with Crippen molar-refractivity contribution in [3.8, 4) is 17.2 Å². The summed E-state index contributed by atoms with van der Waals surface area (Å²) < 4.78 is 30.0. The Bertz CT molecular complexity index is 1370. The Morgan fingerprint density at radius 3 is 2.19 bits per heavy atom. The molecule has 7 nitrogen and oxygen atoms in total. The zero-order valence-corrected chi connectivity index (χ0v) is 22.0. The smallest absolute Gasteiger partial charge is 0.295 e. The van der Waals surface area contributed by atoms with Crippen LogP contribution in [0.25, 0.3) is 5.76 Å². The molecule has 1 fully saturated rings. The first-order valence-corrected chi connectivity index (χ1v) is 12.2. The number of aliphatic hydroxyl groups is 1. The number of carbonyl (C=O) groups excluding carboxylic acids is 2. The number of amides is 1. The van der Waals surface area contributed by atoms with Crippen LogP contribution in [0.3, 0.4) is 0 Å². The normalized spacial score (nSPS) is 16.7. The summed E-state index contributed by atoms with van der Waals surface area (Å²) in [5.74, 6) is -0.775. The highest BCUT2D eigenvalue weighted by molar-refractivity contribution is 9.10. The van der Waals surface area contributed by atoms with Crippen LogP contribution in [0.4, 0.5) is 4.39 Å². The molecule has 3 aromatic rings. The van der Waals surface area contributed by atoms with E-state index < -0.39 is 17.7 Å². The van der Waals surface area contributed by atoms with Gasteiger partial charge in [-0.1, -0.05) is 18.2 Å². The van der Waals surface area contributed by atoms with Gasteiger partial charge in [-0.15, -0.1) is 0 Å². The molecule has 0 bridgehead atoms. The molecule has 0 spiro atoms. The van der Waals surface area contributed by atoms with E-state index in [0.29, 0.717) is 39.3 Å². The van der Waals surface area contributed by atoms with Crippen LogP contribution in [-0.4, -0.2) is 49.6 Å². The summed E-state index contributed by atoms with van der Waals surface area (Å²) in [7, 11) is 4.51. The van der Waals surface area contributed by atoms with Crippen LogP contribution in [0.5, 0.6) is 17.2 Å². The second kappa shape index (κ2) is 11.0. The quantitative estimate of drug-likeness (QED) is 0.226. The van der Waals surface area contributed by atoms with Gasteiger partial charge in [0, 0.05) is 12.1 Å². The summed E-state index contributed by atoms with van der Waals surface area (Å²) in [6.07, 6.45) is 0.380. The number of hydrogen-bond donors (Lipinski definition) is 1. The lowest BCUT2D eigenvalue weighted by Crippen LogP contribution is -2.31. The molecule has 1 atom stereocenters. The van der Waals surface area contributed by atoms with E-state index in [9.17, 15) is 19.1 Å². The van der Waals surface area contributed by atoms with Gasteiger partial charge >= 0.3 is 0 Å². The maximum absolute atomic E-state index is 13.4. The summed E-state index contributed by atoms with van der Waals surface area (Å²) in [5.41, 5.74) is 1.65. The molecule has 1 N–H and O–H groups in total. The van der Waals surface area contributed by atoms with E-state index in [1.165, 1.54) is 38.4 Å². The Labute approximate surface area is 222 Å². The first-order chi connectivity index (χ1) is 17.8. The fourth-order valence-electron chi connectivity index (χ4n) is 4.35. The molecule has 1 amide bonds. The highest BCUT2D eigenvalue weighted by Gasteiger charge is 2.46. The molecule has 3 aromatic carbocycles. The molecule has 1 unspecified atom stereocenters. The second-order valence-electron chi connectivity index (χ2n) is 8.33. The third kappa shape index (κ3) is 5.17. The summed E-state index contributed by atoms with van der Waals surface area (Å²) >= 11 is 3.40. The van der Waals surface area contributed by atoms with Crippen molar-refractivity contribution in [1.29, 1.82) is 0 Å². The Morgan fingerprint density at radius 1 is 0.919 bits per heavy atom. The summed E-state index contributed by atoms with van der Waals surface area (Å²) in [5, 5.41) is 11.3. The third-order valence-electron chi connectivity index (χ3n) is 6.24. The second-order valence-corrected chi connectivity index (χ2v) is 9.19. The molecule has 0 aromatic heterocycles. The van der Waals surface area contributed by atoms with Crippen molar-refractivity contribution in [3.05, 3.63) is 93.2 Å². The fraction of sp³-hybridized carbons (Fsp3) is 0.214. The Morgan fingerprint density at radius 2 is 1.57 bits per heavy atom. The van der Waals surface area contributed by atoms with Crippen LogP contribution in [0, 0.1) is 5.82 Å². The van der Waals surface area contributed by atoms with Crippen LogP contribution < -0.4 is 14.2 Å². The first kappa shape index (κ1) is 26.2. The Balaban J connectivity index is 1.82. The predicted octanol–water partition coefficient (Wildman–Crippen LogP) is 5.28. The Kier molecular flexibility index (Phi) is 7.83. The molecule has 192 valence electrons. The lowest BCUT2D eigenvalue weighted by atomic mass is 9.94. The monoisotopic (exact) mass is 569 g/mol. The topological polar surface area (TPSA) is 85.3 Å². The van der Waals surface area contributed by atoms with Crippen LogP contribution >= 0.6 is 15.9 Å². The molecule has 0 aliphatic carbocycles. The van der Waals surface area contributed by atoms with Gasteiger partial charge in [0.25, 0.3) is 11.7 Å². The largest absolute Gasteiger partial charge is 0.507 e. The molecule has 4 rings (SSSR count). The number of carbonyl (C=O) groups is 2. The zero-order chi connectivity index (χ0) is 26.7. The van der Waals surface area contributed by atoms with Crippen molar-refractivity contribution in [2.45, 2.75) is 12.5 Å². The molecule has 0 saturated carbocycles. The third-order valence-corrected chi connectivity index (χ3v) is 6.86. The van der Waals surface area contributed by atoms with Gasteiger partial charge in [0.15, 0.2) is 11.5 Å². The number of ketones is 1. The van der Waals surface area contributed by atoms with Crippen molar-refractivity contribution >= 4 is 33.4 Å². The van der Waals surface area contributed by atoms with Crippen LogP contribution in [0.2, 0.25) is 0 Å². The number of benzene rings is 3. The van der Waals surface area contributed by atoms with E-state index in [-0.39, 0.29) is 23.7 Å². The molecule has 1 aliphatic heterocycles. The van der Waals surface area contributed by atoms with Crippen molar-refractivity contribution in [1.82, 2.24) is 4.90 Å². The van der Waals surface area contributed by atoms with Crippen LogP contribution in [-0.2, 0) is 16.0 Å². The zero-order valence-electron chi connectivity index (χ0n) is 20.5. The molecular weight excluding hydrogens is 545 g/mol. The van der Waals surface area contributed by atoms with Gasteiger partial charge in [0.05, 0.1) is 37.4 Å². The molecule has 1 heterocycles.